The summed E-state index contributed by atoms with van der Waals surface area (Å²) in [5.41, 5.74) is 0. The Bertz CT molecular complexity index is 227. The molecule has 0 saturated carbocycles. The van der Waals surface area contributed by atoms with Crippen LogP contribution in [0.1, 0.15) is 60.8 Å². The van der Waals surface area contributed by atoms with Gasteiger partial charge in [0.1, 0.15) is 6.17 Å². The molecule has 108 valence electrons. The highest BCUT2D eigenvalue weighted by Gasteiger charge is 2.29. The first kappa shape index (κ1) is 17.6. The second-order valence-electron chi connectivity index (χ2n) is 5.63. The minimum atomic E-state index is -0.689. The Labute approximate surface area is 113 Å². The molecule has 2 heteroatoms. The summed E-state index contributed by atoms with van der Waals surface area (Å²) in [6.07, 6.45) is 4.40. The predicted octanol–water partition coefficient (Wildman–Crippen LogP) is 5.15. The average Bonchev–Trinajstić information content (AvgIpc) is 2.37. The fraction of sp³-hybridized carbons (Fsp3) is 0.938. The van der Waals surface area contributed by atoms with E-state index in [4.69, 9.17) is 0 Å². The highest BCUT2D eigenvalue weighted by Crippen LogP contribution is 2.32. The van der Waals surface area contributed by atoms with E-state index >= 15 is 0 Å². The normalized spacial score (nSPS) is 20.6. The number of halogens is 1. The van der Waals surface area contributed by atoms with Gasteiger partial charge in [-0.15, -0.1) is 0 Å². The van der Waals surface area contributed by atoms with Gasteiger partial charge >= 0.3 is 0 Å². The summed E-state index contributed by atoms with van der Waals surface area (Å²) in [5.74, 6) is 1.47. The second kappa shape index (κ2) is 9.52. The Hall–Kier alpha value is -0.400. The van der Waals surface area contributed by atoms with Crippen molar-refractivity contribution in [2.45, 2.75) is 67.0 Å². The zero-order chi connectivity index (χ0) is 14.1. The minimum Gasteiger partial charge on any atom is -0.298 e. The van der Waals surface area contributed by atoms with E-state index in [0.717, 1.165) is 6.54 Å². The summed E-state index contributed by atoms with van der Waals surface area (Å²) in [7, 11) is 0. The largest absolute Gasteiger partial charge is 0.298 e. The van der Waals surface area contributed by atoms with Gasteiger partial charge in [0.2, 0.25) is 0 Å². The van der Waals surface area contributed by atoms with Crippen molar-refractivity contribution in [1.82, 2.24) is 0 Å². The predicted molar refractivity (Wildman–Crippen MR) is 80.1 cm³/mol. The number of nitrogens with zero attached hydrogens (tertiary/aromatic N) is 1. The van der Waals surface area contributed by atoms with Gasteiger partial charge in [0.15, 0.2) is 0 Å². The third kappa shape index (κ3) is 5.49. The topological polar surface area (TPSA) is 12.4 Å². The Balaban J connectivity index is 4.77. The van der Waals surface area contributed by atoms with E-state index in [9.17, 15) is 4.39 Å². The van der Waals surface area contributed by atoms with Crippen LogP contribution in [0, 0.1) is 23.7 Å². The quantitative estimate of drug-likeness (QED) is 0.507. The summed E-state index contributed by atoms with van der Waals surface area (Å²) in [4.78, 5) is 4.42. The molecule has 0 spiro atoms. The van der Waals surface area contributed by atoms with Crippen LogP contribution in [0.2, 0.25) is 0 Å². The van der Waals surface area contributed by atoms with E-state index in [0.29, 0.717) is 24.2 Å². The van der Waals surface area contributed by atoms with Crippen molar-refractivity contribution in [2.75, 3.05) is 6.54 Å². The molecule has 0 N–H and O–H groups in total. The highest BCUT2D eigenvalue weighted by atomic mass is 19.1. The maximum atomic E-state index is 13.9. The van der Waals surface area contributed by atoms with E-state index in [-0.39, 0.29) is 5.92 Å². The van der Waals surface area contributed by atoms with Crippen molar-refractivity contribution in [3.63, 3.8) is 0 Å². The molecule has 18 heavy (non-hydrogen) atoms. The Morgan fingerprint density at radius 3 is 2.11 bits per heavy atom. The van der Waals surface area contributed by atoms with E-state index < -0.39 is 6.17 Å². The van der Waals surface area contributed by atoms with Gasteiger partial charge in [-0.1, -0.05) is 47.5 Å². The molecule has 0 aliphatic heterocycles. The van der Waals surface area contributed by atoms with Crippen LogP contribution in [0.25, 0.3) is 0 Å². The summed E-state index contributed by atoms with van der Waals surface area (Å²) in [5, 5.41) is 0. The molecule has 0 aromatic rings. The van der Waals surface area contributed by atoms with Crippen LogP contribution in [0.15, 0.2) is 4.99 Å². The van der Waals surface area contributed by atoms with Gasteiger partial charge in [-0.25, -0.2) is 4.39 Å². The summed E-state index contributed by atoms with van der Waals surface area (Å²) >= 11 is 0. The molecule has 0 heterocycles. The molecule has 0 saturated heterocycles. The van der Waals surface area contributed by atoms with Gasteiger partial charge in [0.25, 0.3) is 0 Å². The van der Waals surface area contributed by atoms with E-state index in [1.54, 1.807) is 0 Å². The summed E-state index contributed by atoms with van der Waals surface area (Å²) in [6, 6.07) is 0. The molecule has 0 fully saturated rings. The van der Waals surface area contributed by atoms with Gasteiger partial charge in [-0.2, -0.15) is 0 Å². The minimum absolute atomic E-state index is 0.114. The van der Waals surface area contributed by atoms with Crippen LogP contribution in [-0.4, -0.2) is 18.9 Å². The number of hydrogen-bond donors (Lipinski definition) is 0. The van der Waals surface area contributed by atoms with Crippen LogP contribution in [0.5, 0.6) is 0 Å². The van der Waals surface area contributed by atoms with Gasteiger partial charge < -0.3 is 0 Å². The van der Waals surface area contributed by atoms with Gasteiger partial charge in [0, 0.05) is 12.8 Å². The molecule has 0 amide bonds. The first-order valence-corrected chi connectivity index (χ1v) is 7.63. The molecule has 0 aliphatic carbocycles. The average molecular weight is 257 g/mol. The van der Waals surface area contributed by atoms with Crippen molar-refractivity contribution >= 4 is 6.21 Å². The Morgan fingerprint density at radius 1 is 1.06 bits per heavy atom. The van der Waals surface area contributed by atoms with Crippen LogP contribution in [0.3, 0.4) is 0 Å². The van der Waals surface area contributed by atoms with Crippen molar-refractivity contribution in [3.05, 3.63) is 0 Å². The fourth-order valence-corrected chi connectivity index (χ4v) is 2.73. The Kier molecular flexibility index (Phi) is 9.31. The molecular weight excluding hydrogens is 225 g/mol. The van der Waals surface area contributed by atoms with Crippen LogP contribution in [-0.2, 0) is 0 Å². The van der Waals surface area contributed by atoms with Crippen molar-refractivity contribution in [3.8, 4) is 0 Å². The lowest BCUT2D eigenvalue weighted by atomic mass is 9.74. The van der Waals surface area contributed by atoms with E-state index in [2.05, 4.69) is 38.9 Å². The Morgan fingerprint density at radius 2 is 1.67 bits per heavy atom. The fourth-order valence-electron chi connectivity index (χ4n) is 2.73. The lowest BCUT2D eigenvalue weighted by Gasteiger charge is -2.32. The van der Waals surface area contributed by atoms with E-state index in [1.807, 2.05) is 13.8 Å². The number of alkyl halides is 1. The van der Waals surface area contributed by atoms with Crippen LogP contribution < -0.4 is 0 Å². The molecule has 0 aliphatic rings. The molecule has 0 bridgehead atoms. The van der Waals surface area contributed by atoms with Gasteiger partial charge in [0.05, 0.1) is 0 Å². The molecule has 0 aromatic carbocycles. The summed E-state index contributed by atoms with van der Waals surface area (Å²) in [6.45, 7) is 13.5. The lowest BCUT2D eigenvalue weighted by molar-refractivity contribution is 0.144. The smallest absolute Gasteiger partial charge is 0.103 e. The first-order valence-electron chi connectivity index (χ1n) is 7.63. The van der Waals surface area contributed by atoms with Crippen LogP contribution in [0.4, 0.5) is 4.39 Å². The third-order valence-electron chi connectivity index (χ3n) is 4.26. The van der Waals surface area contributed by atoms with Gasteiger partial charge in [-0.05, 0) is 37.0 Å². The van der Waals surface area contributed by atoms with E-state index in [1.165, 1.54) is 12.8 Å². The standard InChI is InChI=1S/C16H32FN/c1-7-10-12(4)15(11-18-9-3)13(5)14(6)16(17)8-2/h11-16H,7-10H2,1-6H3/b18-11-. The molecule has 5 atom stereocenters. The zero-order valence-corrected chi connectivity index (χ0v) is 13.1. The highest BCUT2D eigenvalue weighted by molar-refractivity contribution is 5.61. The molecular formula is C16H32FN. The maximum Gasteiger partial charge on any atom is 0.103 e. The number of aliphatic imine (C=N–C) groups is 1. The first-order chi connectivity index (χ1) is 8.49. The SMILES string of the molecule is CCCC(C)C(/C=N\CC)C(C)C(C)C(F)CC. The third-order valence-corrected chi connectivity index (χ3v) is 4.26. The zero-order valence-electron chi connectivity index (χ0n) is 13.1. The molecule has 0 radical (unpaired) electrons. The van der Waals surface area contributed by atoms with Crippen LogP contribution >= 0.6 is 0 Å². The molecule has 1 nitrogen and oxygen atoms in total. The maximum absolute atomic E-state index is 13.9. The second-order valence-corrected chi connectivity index (χ2v) is 5.63. The number of rotatable bonds is 9. The molecule has 0 aromatic heterocycles. The van der Waals surface area contributed by atoms with Crippen molar-refractivity contribution < 1.29 is 4.39 Å². The van der Waals surface area contributed by atoms with Gasteiger partial charge in [-0.3, -0.25) is 4.99 Å². The molecule has 0 rings (SSSR count). The lowest BCUT2D eigenvalue weighted by Crippen LogP contribution is -2.30. The van der Waals surface area contributed by atoms with Crippen molar-refractivity contribution in [1.29, 1.82) is 0 Å². The molecule has 5 unspecified atom stereocenters. The summed E-state index contributed by atoms with van der Waals surface area (Å²) < 4.78 is 13.9. The van der Waals surface area contributed by atoms with Crippen molar-refractivity contribution in [2.24, 2.45) is 28.7 Å². The number of hydrogen-bond acceptors (Lipinski definition) is 1. The monoisotopic (exact) mass is 257 g/mol.